The van der Waals surface area contributed by atoms with Gasteiger partial charge in [0.25, 0.3) is 0 Å². The molecule has 0 saturated carbocycles. The van der Waals surface area contributed by atoms with Crippen LogP contribution in [-0.2, 0) is 21.7 Å². The number of fused-ring (bicyclic) bond motifs is 13. The lowest BCUT2D eigenvalue weighted by Gasteiger charge is -2.42. The second-order valence-corrected chi connectivity index (χ2v) is 21.1. The Labute approximate surface area is 360 Å². The van der Waals surface area contributed by atoms with Gasteiger partial charge in [-0.3, -0.25) is 0 Å². The Morgan fingerprint density at radius 2 is 1.31 bits per heavy atom. The van der Waals surface area contributed by atoms with E-state index in [0.29, 0.717) is 0 Å². The fourth-order valence-electron chi connectivity index (χ4n) is 11.4. The summed E-state index contributed by atoms with van der Waals surface area (Å²) < 4.78 is 9.13. The van der Waals surface area contributed by atoms with E-state index >= 15 is 0 Å². The molecule has 0 fully saturated rings. The summed E-state index contributed by atoms with van der Waals surface area (Å²) >= 11 is 0. The summed E-state index contributed by atoms with van der Waals surface area (Å²) in [5.41, 5.74) is 22.6. The van der Waals surface area contributed by atoms with Crippen molar-refractivity contribution in [3.63, 3.8) is 0 Å². The minimum Gasteiger partial charge on any atom is -0.456 e. The zero-order valence-electron chi connectivity index (χ0n) is 36.9. The number of furan rings is 1. The van der Waals surface area contributed by atoms with Crippen LogP contribution in [0.5, 0.6) is 0 Å². The zero-order valence-corrected chi connectivity index (χ0v) is 36.9. The molecular formula is C57H52BN2O. The number of rotatable bonds is 3. The van der Waals surface area contributed by atoms with Crippen molar-refractivity contribution in [3.8, 4) is 27.9 Å². The Morgan fingerprint density at radius 3 is 2.08 bits per heavy atom. The first kappa shape index (κ1) is 36.8. The number of benzene rings is 7. The molecule has 1 aliphatic heterocycles. The molecule has 7 aromatic carbocycles. The van der Waals surface area contributed by atoms with Crippen LogP contribution in [0.4, 0.5) is 11.4 Å². The van der Waals surface area contributed by atoms with E-state index in [1.165, 1.54) is 93.9 Å². The largest absolute Gasteiger partial charge is 0.456 e. The fraction of sp³-hybridized carbons (Fsp3) is 0.263. The molecule has 1 radical (unpaired) electrons. The van der Waals surface area contributed by atoms with E-state index in [0.717, 1.165) is 40.8 Å². The maximum atomic E-state index is 6.55. The lowest BCUT2D eigenvalue weighted by molar-refractivity contribution is 0.332. The van der Waals surface area contributed by atoms with E-state index in [4.69, 9.17) is 4.42 Å². The Kier molecular flexibility index (Phi) is 7.30. The van der Waals surface area contributed by atoms with Crippen molar-refractivity contribution in [1.29, 1.82) is 0 Å². The number of aromatic nitrogens is 1. The Hall–Kier alpha value is -6.00. The van der Waals surface area contributed by atoms with E-state index in [-0.39, 0.29) is 21.7 Å². The van der Waals surface area contributed by atoms with Gasteiger partial charge in [-0.1, -0.05) is 141 Å². The van der Waals surface area contributed by atoms with Crippen molar-refractivity contribution in [2.24, 2.45) is 0 Å². The highest BCUT2D eigenvalue weighted by Gasteiger charge is 2.40. The Morgan fingerprint density at radius 1 is 0.590 bits per heavy atom. The first-order valence-corrected chi connectivity index (χ1v) is 22.2. The molecule has 2 aromatic heterocycles. The highest BCUT2D eigenvalue weighted by Crippen LogP contribution is 2.52. The van der Waals surface area contributed by atoms with Crippen LogP contribution in [0.15, 0.2) is 126 Å². The summed E-state index contributed by atoms with van der Waals surface area (Å²) in [6.45, 7) is 21.4. The molecule has 3 aliphatic rings. The topological polar surface area (TPSA) is 30.1 Å². The van der Waals surface area contributed by atoms with Crippen molar-refractivity contribution in [1.82, 2.24) is 4.57 Å². The molecule has 61 heavy (non-hydrogen) atoms. The number of para-hydroxylation sites is 1. The van der Waals surface area contributed by atoms with E-state index in [9.17, 15) is 0 Å². The SMILES string of the molecule is CC(C)(C)c1ccc(Nc2cc3c(cc2-c2ccc4c5c6c(ccc5n5c4c2[B]c2cc4c(cc2-5)-c2ccccc2C4(C)C)oc2ccccc26)C(C)(C)CCC3(C)C)cc1. The number of nitrogens with one attached hydrogen (secondary N) is 1. The molecule has 3 heterocycles. The molecule has 12 rings (SSSR count). The third-order valence-electron chi connectivity index (χ3n) is 15.1. The molecule has 0 atom stereocenters. The summed E-state index contributed by atoms with van der Waals surface area (Å²) in [4.78, 5) is 0. The van der Waals surface area contributed by atoms with Crippen molar-refractivity contribution in [2.75, 3.05) is 5.32 Å². The van der Waals surface area contributed by atoms with Crippen LogP contribution in [0.2, 0.25) is 0 Å². The van der Waals surface area contributed by atoms with Crippen LogP contribution in [-0.4, -0.2) is 11.8 Å². The van der Waals surface area contributed by atoms with Gasteiger partial charge in [0.2, 0.25) is 0 Å². The summed E-state index contributed by atoms with van der Waals surface area (Å²) in [5.74, 6) is 0. The smallest absolute Gasteiger partial charge is 0.197 e. The Balaban J connectivity index is 1.17. The van der Waals surface area contributed by atoms with E-state index < -0.39 is 0 Å². The number of anilines is 2. The van der Waals surface area contributed by atoms with Gasteiger partial charge in [0.05, 0.1) is 5.52 Å². The van der Waals surface area contributed by atoms with Gasteiger partial charge in [0, 0.05) is 55.1 Å². The molecule has 9 aromatic rings. The van der Waals surface area contributed by atoms with Gasteiger partial charge >= 0.3 is 0 Å². The van der Waals surface area contributed by atoms with Gasteiger partial charge < -0.3 is 14.3 Å². The molecule has 1 N–H and O–H groups in total. The summed E-state index contributed by atoms with van der Waals surface area (Å²) in [6.07, 6.45) is 2.32. The second-order valence-electron chi connectivity index (χ2n) is 21.1. The standard InChI is InChI=1S/C57H52BN2O/c1-54(2,3)32-18-20-33(21-19-32)59-45-31-43-42(55(4,5)26-27-56(43,6)7)28-39(45)35-22-23-37-50-46(24-25-49-51(50)36-15-11-13-17-48(36)61-49)60-47-29-38-34-14-10-12-16-40(34)57(8,9)41(38)30-44(47)58-52(35)53(37)60/h10-25,28-31,59H,26-27H2,1-9H3. The minimum absolute atomic E-state index is 0.0497. The first-order valence-electron chi connectivity index (χ1n) is 22.2. The van der Waals surface area contributed by atoms with Crippen LogP contribution in [0.25, 0.3) is 71.7 Å². The highest BCUT2D eigenvalue weighted by atomic mass is 16.3. The maximum Gasteiger partial charge on any atom is 0.197 e. The predicted octanol–water partition coefficient (Wildman–Crippen LogP) is 14.0. The van der Waals surface area contributed by atoms with Gasteiger partial charge in [0.1, 0.15) is 11.2 Å². The zero-order chi connectivity index (χ0) is 42.0. The minimum atomic E-state index is -0.110. The first-order chi connectivity index (χ1) is 29.1. The normalized spacial score (nSPS) is 16.7. The van der Waals surface area contributed by atoms with Crippen LogP contribution in [0.3, 0.4) is 0 Å². The van der Waals surface area contributed by atoms with Gasteiger partial charge in [-0.25, -0.2) is 0 Å². The van der Waals surface area contributed by atoms with Gasteiger partial charge in [-0.15, -0.1) is 0 Å². The van der Waals surface area contributed by atoms with Gasteiger partial charge in [-0.2, -0.15) is 0 Å². The number of hydrogen-bond donors (Lipinski definition) is 1. The van der Waals surface area contributed by atoms with Crippen LogP contribution in [0.1, 0.15) is 103 Å². The second kappa shape index (κ2) is 12.1. The lowest BCUT2D eigenvalue weighted by Crippen LogP contribution is -2.38. The van der Waals surface area contributed by atoms with Crippen molar-refractivity contribution in [3.05, 3.63) is 149 Å². The quantitative estimate of drug-likeness (QED) is 0.181. The van der Waals surface area contributed by atoms with Gasteiger partial charge in [0.15, 0.2) is 7.28 Å². The highest BCUT2D eigenvalue weighted by molar-refractivity contribution is 6.73. The summed E-state index contributed by atoms with van der Waals surface area (Å²) in [6, 6.07) is 45.9. The van der Waals surface area contributed by atoms with Crippen LogP contribution < -0.4 is 16.2 Å². The molecule has 299 valence electrons. The summed E-state index contributed by atoms with van der Waals surface area (Å²) in [7, 11) is 2.51. The van der Waals surface area contributed by atoms with Crippen LogP contribution in [0, 0.1) is 0 Å². The maximum absolute atomic E-state index is 6.55. The van der Waals surface area contributed by atoms with Crippen molar-refractivity contribution in [2.45, 2.75) is 96.8 Å². The molecule has 0 unspecified atom stereocenters. The van der Waals surface area contributed by atoms with Crippen molar-refractivity contribution < 1.29 is 4.42 Å². The molecule has 0 saturated heterocycles. The molecule has 0 amide bonds. The molecule has 3 nitrogen and oxygen atoms in total. The van der Waals surface area contributed by atoms with Gasteiger partial charge in [-0.05, 0) is 128 Å². The molecule has 0 spiro atoms. The molecule has 2 aliphatic carbocycles. The average Bonchev–Trinajstić information content (AvgIpc) is 3.85. The molecule has 0 bridgehead atoms. The van der Waals surface area contributed by atoms with Crippen molar-refractivity contribution >= 4 is 73.3 Å². The predicted molar refractivity (Wildman–Crippen MR) is 260 cm³/mol. The molecular weight excluding hydrogens is 739 g/mol. The fourth-order valence-corrected chi connectivity index (χ4v) is 11.4. The van der Waals surface area contributed by atoms with E-state index in [1.54, 1.807) is 0 Å². The third-order valence-corrected chi connectivity index (χ3v) is 15.1. The number of nitrogens with zero attached hydrogens (tertiary/aromatic N) is 1. The monoisotopic (exact) mass is 791 g/mol. The van der Waals surface area contributed by atoms with E-state index in [1.807, 2.05) is 0 Å². The lowest BCUT2D eigenvalue weighted by atomic mass is 9.57. The Bertz CT molecular complexity index is 3360. The van der Waals surface area contributed by atoms with Crippen LogP contribution >= 0.6 is 0 Å². The third kappa shape index (κ3) is 5.11. The molecule has 4 heteroatoms. The average molecular weight is 792 g/mol. The van der Waals surface area contributed by atoms with E-state index in [2.05, 4.69) is 201 Å². The summed E-state index contributed by atoms with van der Waals surface area (Å²) in [5, 5.41) is 8.85. The number of hydrogen-bond acceptors (Lipinski definition) is 2.